The van der Waals surface area contributed by atoms with Crippen molar-refractivity contribution in [3.05, 3.63) is 58.9 Å². The van der Waals surface area contributed by atoms with Crippen LogP contribution in [0.15, 0.2) is 47.6 Å². The number of amides is 1. The summed E-state index contributed by atoms with van der Waals surface area (Å²) in [6, 6.07) is 12.3. The molecule has 2 aromatic carbocycles. The zero-order valence-corrected chi connectivity index (χ0v) is 18.1. The molecule has 1 aliphatic heterocycles. The highest BCUT2D eigenvalue weighted by atomic mass is 35.5. The molecule has 0 saturated carbocycles. The number of ether oxygens (including phenoxy) is 2. The lowest BCUT2D eigenvalue weighted by atomic mass is 10.0. The van der Waals surface area contributed by atoms with Crippen molar-refractivity contribution >= 4 is 35.0 Å². The molecular formula is C20H20ClN5O3S. The minimum atomic E-state index is -0.507. The predicted molar refractivity (Wildman–Crippen MR) is 116 cm³/mol. The van der Waals surface area contributed by atoms with Crippen LogP contribution in [0.2, 0.25) is 5.02 Å². The van der Waals surface area contributed by atoms with Crippen molar-refractivity contribution in [3.8, 4) is 11.5 Å². The largest absolute Gasteiger partial charge is 0.497 e. The molecule has 0 aliphatic carbocycles. The number of nitrogens with one attached hydrogen (secondary N) is 2. The average Bonchev–Trinajstić information content (AvgIpc) is 3.13. The number of benzene rings is 2. The molecule has 1 amide bonds. The van der Waals surface area contributed by atoms with Crippen LogP contribution in [0.3, 0.4) is 0 Å². The van der Waals surface area contributed by atoms with Crippen LogP contribution in [-0.4, -0.2) is 40.3 Å². The van der Waals surface area contributed by atoms with Gasteiger partial charge in [0.15, 0.2) is 0 Å². The van der Waals surface area contributed by atoms with Gasteiger partial charge in [-0.3, -0.25) is 4.79 Å². The summed E-state index contributed by atoms with van der Waals surface area (Å²) >= 11 is 7.69. The highest BCUT2D eigenvalue weighted by Crippen LogP contribution is 2.39. The zero-order valence-electron chi connectivity index (χ0n) is 16.5. The van der Waals surface area contributed by atoms with Crippen LogP contribution >= 0.6 is 23.4 Å². The number of aromatic nitrogens is 3. The van der Waals surface area contributed by atoms with Crippen LogP contribution in [0.5, 0.6) is 11.5 Å². The van der Waals surface area contributed by atoms with E-state index < -0.39 is 5.25 Å². The lowest BCUT2D eigenvalue weighted by Crippen LogP contribution is -2.41. The number of carbonyl (C=O) groups excluding carboxylic acids is 1. The van der Waals surface area contributed by atoms with Crippen molar-refractivity contribution < 1.29 is 14.3 Å². The number of halogens is 1. The van der Waals surface area contributed by atoms with Gasteiger partial charge >= 0.3 is 0 Å². The minimum Gasteiger partial charge on any atom is -0.497 e. The Balaban J connectivity index is 1.65. The third-order valence-corrected chi connectivity index (χ3v) is 6.26. The fourth-order valence-corrected chi connectivity index (χ4v) is 4.57. The maximum absolute atomic E-state index is 13.2. The number of anilines is 1. The summed E-state index contributed by atoms with van der Waals surface area (Å²) in [5, 5.41) is 11.8. The van der Waals surface area contributed by atoms with Crippen molar-refractivity contribution in [2.75, 3.05) is 25.0 Å². The molecule has 156 valence electrons. The van der Waals surface area contributed by atoms with Crippen LogP contribution in [0.4, 0.5) is 5.69 Å². The molecule has 0 unspecified atom stereocenters. The maximum Gasteiger partial charge on any atom is 0.240 e. The molecule has 1 aromatic heterocycles. The molecule has 2 heterocycles. The average molecular weight is 446 g/mol. The summed E-state index contributed by atoms with van der Waals surface area (Å²) in [6.45, 7) is 1.85. The van der Waals surface area contributed by atoms with Crippen LogP contribution in [0.1, 0.15) is 17.4 Å². The van der Waals surface area contributed by atoms with E-state index >= 15 is 0 Å². The fraction of sp³-hybridized carbons (Fsp3) is 0.250. The summed E-state index contributed by atoms with van der Waals surface area (Å²) < 4.78 is 12.2. The number of thioether (sulfide) groups is 1. The quantitative estimate of drug-likeness (QED) is 0.619. The van der Waals surface area contributed by atoms with Crippen LogP contribution in [-0.2, 0) is 4.79 Å². The molecule has 8 nitrogen and oxygen atoms in total. The Morgan fingerprint density at radius 2 is 1.93 bits per heavy atom. The van der Waals surface area contributed by atoms with E-state index in [0.29, 0.717) is 27.4 Å². The van der Waals surface area contributed by atoms with Gasteiger partial charge in [0.1, 0.15) is 22.6 Å². The van der Waals surface area contributed by atoms with E-state index in [2.05, 4.69) is 20.9 Å². The molecule has 0 spiro atoms. The smallest absolute Gasteiger partial charge is 0.240 e. The second-order valence-corrected chi connectivity index (χ2v) is 8.14. The number of nitrogens with zero attached hydrogens (tertiary/aromatic N) is 3. The topological polar surface area (TPSA) is 90.3 Å². The molecule has 2 atom stereocenters. The molecule has 0 saturated heterocycles. The van der Waals surface area contributed by atoms with Crippen LogP contribution in [0.25, 0.3) is 0 Å². The second kappa shape index (κ2) is 8.45. The van der Waals surface area contributed by atoms with Crippen molar-refractivity contribution in [2.45, 2.75) is 23.4 Å². The summed E-state index contributed by atoms with van der Waals surface area (Å²) in [5.41, 5.74) is 4.88. The van der Waals surface area contributed by atoms with Gasteiger partial charge in [0.2, 0.25) is 11.1 Å². The van der Waals surface area contributed by atoms with Crippen molar-refractivity contribution in [1.82, 2.24) is 14.9 Å². The maximum atomic E-state index is 13.2. The first-order valence-corrected chi connectivity index (χ1v) is 10.4. The van der Waals surface area contributed by atoms with Gasteiger partial charge in [-0.1, -0.05) is 29.4 Å². The molecule has 10 heteroatoms. The van der Waals surface area contributed by atoms with Gasteiger partial charge < -0.3 is 20.2 Å². The molecule has 3 aromatic rings. The molecular weight excluding hydrogens is 426 g/mol. The molecule has 0 fully saturated rings. The van der Waals surface area contributed by atoms with Crippen molar-refractivity contribution in [1.29, 1.82) is 0 Å². The first-order chi connectivity index (χ1) is 14.5. The third-order valence-electron chi connectivity index (χ3n) is 4.75. The summed E-state index contributed by atoms with van der Waals surface area (Å²) in [5.74, 6) is 1.83. The number of hydrogen-bond acceptors (Lipinski definition) is 7. The lowest BCUT2D eigenvalue weighted by Gasteiger charge is -2.33. The van der Waals surface area contributed by atoms with Gasteiger partial charge in [-0.2, -0.15) is 0 Å². The highest BCUT2D eigenvalue weighted by molar-refractivity contribution is 8.00. The third kappa shape index (κ3) is 3.90. The number of aryl methyl sites for hydroxylation is 1. The van der Waals surface area contributed by atoms with Crippen LogP contribution in [0, 0.1) is 6.92 Å². The van der Waals surface area contributed by atoms with Gasteiger partial charge in [0.05, 0.1) is 25.3 Å². The Hall–Kier alpha value is -2.91. The summed E-state index contributed by atoms with van der Waals surface area (Å²) in [7, 11) is 3.16. The standard InChI is InChI=1S/C20H20ClN5O3S/c1-11-23-24-20-26(11)25-17(12-4-9-16(29-3)15(21)10-12)18(30-20)19(27)22-13-5-7-14(28-2)8-6-13/h4-10,17-18,25H,1-3H3,(H,22,27)/t17-,18+/m1/s1. The van der Waals surface area contributed by atoms with Crippen LogP contribution < -0.4 is 20.2 Å². The van der Waals surface area contributed by atoms with Gasteiger partial charge in [-0.25, -0.2) is 4.68 Å². The Kier molecular flexibility index (Phi) is 5.74. The molecule has 4 rings (SSSR count). The zero-order chi connectivity index (χ0) is 21.3. The Morgan fingerprint density at radius 1 is 1.17 bits per heavy atom. The predicted octanol–water partition coefficient (Wildman–Crippen LogP) is 3.65. The lowest BCUT2D eigenvalue weighted by molar-refractivity contribution is -0.116. The molecule has 0 bridgehead atoms. The number of hydrogen-bond donors (Lipinski definition) is 2. The monoisotopic (exact) mass is 445 g/mol. The van der Waals surface area contributed by atoms with Gasteiger partial charge in [0, 0.05) is 5.69 Å². The molecule has 30 heavy (non-hydrogen) atoms. The number of carbonyl (C=O) groups is 1. The second-order valence-electron chi connectivity index (χ2n) is 6.62. The van der Waals surface area contributed by atoms with E-state index in [0.717, 1.165) is 11.3 Å². The van der Waals surface area contributed by atoms with Gasteiger partial charge in [0.25, 0.3) is 0 Å². The van der Waals surface area contributed by atoms with E-state index in [1.165, 1.54) is 11.8 Å². The SMILES string of the molecule is COc1ccc(NC(=O)[C@H]2Sc3nnc(C)n3N[C@@H]2c2ccc(OC)c(Cl)c2)cc1. The molecule has 0 radical (unpaired) electrons. The summed E-state index contributed by atoms with van der Waals surface area (Å²) in [6.07, 6.45) is 0. The number of rotatable bonds is 5. The van der Waals surface area contributed by atoms with Crippen molar-refractivity contribution in [3.63, 3.8) is 0 Å². The Bertz CT molecular complexity index is 1070. The molecule has 1 aliphatic rings. The normalized spacial score (nSPS) is 17.6. The number of fused-ring (bicyclic) bond motifs is 1. The first-order valence-electron chi connectivity index (χ1n) is 9.13. The van der Waals surface area contributed by atoms with E-state index in [1.54, 1.807) is 55.3 Å². The fourth-order valence-electron chi connectivity index (χ4n) is 3.17. The van der Waals surface area contributed by atoms with E-state index in [9.17, 15) is 4.79 Å². The summed E-state index contributed by atoms with van der Waals surface area (Å²) in [4.78, 5) is 13.2. The highest BCUT2D eigenvalue weighted by Gasteiger charge is 2.37. The molecule has 2 N–H and O–H groups in total. The van der Waals surface area contributed by atoms with Crippen molar-refractivity contribution in [2.24, 2.45) is 0 Å². The Labute approximate surface area is 182 Å². The van der Waals surface area contributed by atoms with Gasteiger partial charge in [-0.05, 0) is 48.9 Å². The van der Waals surface area contributed by atoms with E-state index in [1.807, 2.05) is 13.0 Å². The number of methoxy groups -OCH3 is 2. The van der Waals surface area contributed by atoms with E-state index in [-0.39, 0.29) is 11.9 Å². The Morgan fingerprint density at radius 3 is 2.60 bits per heavy atom. The van der Waals surface area contributed by atoms with E-state index in [4.69, 9.17) is 21.1 Å². The first kappa shape index (κ1) is 20.4. The minimum absolute atomic E-state index is 0.165. The van der Waals surface area contributed by atoms with Gasteiger partial charge in [-0.15, -0.1) is 10.2 Å².